The van der Waals surface area contributed by atoms with Gasteiger partial charge in [-0.3, -0.25) is 4.79 Å². The zero-order valence-corrected chi connectivity index (χ0v) is 13.0. The molecule has 6 nitrogen and oxygen atoms in total. The lowest BCUT2D eigenvalue weighted by Gasteiger charge is -2.02. The van der Waals surface area contributed by atoms with Crippen molar-refractivity contribution in [2.45, 2.75) is 32.6 Å². The summed E-state index contributed by atoms with van der Waals surface area (Å²) in [6, 6.07) is 7.41. The van der Waals surface area contributed by atoms with Crippen LogP contribution in [0.4, 0.5) is 0 Å². The van der Waals surface area contributed by atoms with E-state index in [1.165, 1.54) is 0 Å². The van der Waals surface area contributed by atoms with Gasteiger partial charge in [-0.05, 0) is 30.7 Å². The Hall–Kier alpha value is -2.37. The van der Waals surface area contributed by atoms with Gasteiger partial charge in [0, 0.05) is 24.9 Å². The lowest BCUT2D eigenvalue weighted by Crippen LogP contribution is -2.25. The van der Waals surface area contributed by atoms with E-state index >= 15 is 0 Å². The Balaban J connectivity index is 1.84. The van der Waals surface area contributed by atoms with Gasteiger partial charge in [-0.2, -0.15) is 0 Å². The predicted octanol–water partition coefficient (Wildman–Crippen LogP) is 2.59. The van der Waals surface area contributed by atoms with Crippen molar-refractivity contribution in [3.63, 3.8) is 0 Å². The van der Waals surface area contributed by atoms with Gasteiger partial charge < -0.3 is 14.5 Å². The number of hydrogen-bond acceptors (Lipinski definition) is 5. The normalized spacial score (nSPS) is 10.5. The maximum Gasteiger partial charge on any atom is 0.247 e. The van der Waals surface area contributed by atoms with Crippen LogP contribution in [0.25, 0.3) is 11.5 Å². The molecule has 6 heteroatoms. The van der Waals surface area contributed by atoms with Gasteiger partial charge in [0.2, 0.25) is 17.7 Å². The minimum absolute atomic E-state index is 0.0664. The highest BCUT2D eigenvalue weighted by atomic mass is 16.5. The third-order valence-corrected chi connectivity index (χ3v) is 3.22. The molecule has 0 spiro atoms. The topological polar surface area (TPSA) is 77.2 Å². The fourth-order valence-corrected chi connectivity index (χ4v) is 1.94. The number of methoxy groups -OCH3 is 1. The summed E-state index contributed by atoms with van der Waals surface area (Å²) in [5, 5.41) is 10.9. The number of nitrogens with one attached hydrogen (secondary N) is 1. The second-order valence-electron chi connectivity index (χ2n) is 4.93. The number of benzene rings is 1. The number of hydrogen-bond donors (Lipinski definition) is 1. The SMILES string of the molecule is CCCCC(=O)NCCc1nnc(-c2ccc(OC)cc2)o1. The third-order valence-electron chi connectivity index (χ3n) is 3.22. The van der Waals surface area contributed by atoms with Crippen LogP contribution in [0.15, 0.2) is 28.7 Å². The Morgan fingerprint density at radius 3 is 2.73 bits per heavy atom. The Morgan fingerprint density at radius 1 is 1.27 bits per heavy atom. The largest absolute Gasteiger partial charge is 0.497 e. The number of rotatable bonds is 8. The van der Waals surface area contributed by atoms with Crippen molar-refractivity contribution in [2.24, 2.45) is 0 Å². The van der Waals surface area contributed by atoms with Crippen LogP contribution in [-0.2, 0) is 11.2 Å². The molecule has 0 bridgehead atoms. The first kappa shape index (κ1) is 16.0. The van der Waals surface area contributed by atoms with Crippen LogP contribution in [0.2, 0.25) is 0 Å². The van der Waals surface area contributed by atoms with Crippen molar-refractivity contribution in [1.82, 2.24) is 15.5 Å². The number of carbonyl (C=O) groups excluding carboxylic acids is 1. The van der Waals surface area contributed by atoms with Crippen LogP contribution in [0, 0.1) is 0 Å². The zero-order chi connectivity index (χ0) is 15.8. The Kier molecular flexibility index (Phi) is 5.94. The van der Waals surface area contributed by atoms with E-state index in [1.807, 2.05) is 24.3 Å². The second-order valence-corrected chi connectivity index (χ2v) is 4.93. The molecule has 2 aromatic rings. The van der Waals surface area contributed by atoms with Crippen LogP contribution in [0.1, 0.15) is 32.1 Å². The van der Waals surface area contributed by atoms with E-state index in [4.69, 9.17) is 9.15 Å². The predicted molar refractivity (Wildman–Crippen MR) is 82.5 cm³/mol. The first-order valence-electron chi connectivity index (χ1n) is 7.46. The Morgan fingerprint density at radius 2 is 2.05 bits per heavy atom. The minimum Gasteiger partial charge on any atom is -0.497 e. The summed E-state index contributed by atoms with van der Waals surface area (Å²) in [7, 11) is 1.62. The third kappa shape index (κ3) is 4.58. The molecule has 118 valence electrons. The standard InChI is InChI=1S/C16H21N3O3/c1-3-4-5-14(20)17-11-10-15-18-19-16(22-15)12-6-8-13(21-2)9-7-12/h6-9H,3-5,10-11H2,1-2H3,(H,17,20). The molecule has 0 saturated heterocycles. The first-order valence-corrected chi connectivity index (χ1v) is 7.46. The molecule has 0 aliphatic carbocycles. The number of nitrogens with zero attached hydrogens (tertiary/aromatic N) is 2. The van der Waals surface area contributed by atoms with E-state index in [2.05, 4.69) is 22.4 Å². The molecule has 2 rings (SSSR count). The smallest absolute Gasteiger partial charge is 0.247 e. The molecule has 0 fully saturated rings. The zero-order valence-electron chi connectivity index (χ0n) is 13.0. The van der Waals surface area contributed by atoms with E-state index in [0.717, 1.165) is 24.2 Å². The number of amides is 1. The van der Waals surface area contributed by atoms with Crippen LogP contribution in [0.5, 0.6) is 5.75 Å². The lowest BCUT2D eigenvalue weighted by atomic mass is 10.2. The van der Waals surface area contributed by atoms with Gasteiger partial charge in [-0.25, -0.2) is 0 Å². The molecule has 0 atom stereocenters. The maximum absolute atomic E-state index is 11.5. The van der Waals surface area contributed by atoms with Crippen LogP contribution < -0.4 is 10.1 Å². The van der Waals surface area contributed by atoms with Gasteiger partial charge in [-0.1, -0.05) is 13.3 Å². The van der Waals surface area contributed by atoms with Gasteiger partial charge in [-0.15, -0.1) is 10.2 Å². The summed E-state index contributed by atoms with van der Waals surface area (Å²) in [4.78, 5) is 11.5. The molecular formula is C16H21N3O3. The number of aromatic nitrogens is 2. The van der Waals surface area contributed by atoms with Crippen molar-refractivity contribution in [1.29, 1.82) is 0 Å². The van der Waals surface area contributed by atoms with Gasteiger partial charge in [0.15, 0.2) is 0 Å². The van der Waals surface area contributed by atoms with E-state index < -0.39 is 0 Å². The fourth-order valence-electron chi connectivity index (χ4n) is 1.94. The number of ether oxygens (including phenoxy) is 1. The van der Waals surface area contributed by atoms with Crippen molar-refractivity contribution in [3.8, 4) is 17.2 Å². The van der Waals surface area contributed by atoms with Crippen molar-refractivity contribution >= 4 is 5.91 Å². The summed E-state index contributed by atoms with van der Waals surface area (Å²) in [6.45, 7) is 2.57. The summed E-state index contributed by atoms with van der Waals surface area (Å²) >= 11 is 0. The molecular weight excluding hydrogens is 282 g/mol. The van der Waals surface area contributed by atoms with E-state index in [-0.39, 0.29) is 5.91 Å². The Bertz CT molecular complexity index is 593. The molecule has 1 aromatic heterocycles. The van der Waals surface area contributed by atoms with E-state index in [0.29, 0.717) is 31.2 Å². The van der Waals surface area contributed by atoms with Crippen molar-refractivity contribution in [2.75, 3.05) is 13.7 Å². The highest BCUT2D eigenvalue weighted by molar-refractivity contribution is 5.75. The molecule has 0 aliphatic heterocycles. The minimum atomic E-state index is 0.0664. The quantitative estimate of drug-likeness (QED) is 0.811. The molecule has 1 N–H and O–H groups in total. The lowest BCUT2D eigenvalue weighted by molar-refractivity contribution is -0.121. The summed E-state index contributed by atoms with van der Waals surface area (Å²) in [6.07, 6.45) is 3.02. The number of unbranched alkanes of at least 4 members (excludes halogenated alkanes) is 1. The second kappa shape index (κ2) is 8.17. The van der Waals surface area contributed by atoms with E-state index in [1.54, 1.807) is 7.11 Å². The van der Waals surface area contributed by atoms with Crippen LogP contribution in [-0.4, -0.2) is 29.8 Å². The monoisotopic (exact) mass is 303 g/mol. The first-order chi connectivity index (χ1) is 10.7. The number of carbonyl (C=O) groups is 1. The molecule has 0 saturated carbocycles. The maximum atomic E-state index is 11.5. The average Bonchev–Trinajstić information content (AvgIpc) is 3.02. The molecule has 1 heterocycles. The van der Waals surface area contributed by atoms with Gasteiger partial charge in [0.25, 0.3) is 0 Å². The average molecular weight is 303 g/mol. The van der Waals surface area contributed by atoms with Crippen molar-refractivity contribution < 1.29 is 13.9 Å². The van der Waals surface area contributed by atoms with Crippen molar-refractivity contribution in [3.05, 3.63) is 30.2 Å². The highest BCUT2D eigenvalue weighted by Crippen LogP contribution is 2.21. The summed E-state index contributed by atoms with van der Waals surface area (Å²) in [5.41, 5.74) is 0.839. The Labute approximate surface area is 129 Å². The molecule has 1 aromatic carbocycles. The molecule has 0 unspecified atom stereocenters. The summed E-state index contributed by atoms with van der Waals surface area (Å²) in [5.74, 6) is 1.83. The van der Waals surface area contributed by atoms with Gasteiger partial charge >= 0.3 is 0 Å². The van der Waals surface area contributed by atoms with Crippen LogP contribution in [0.3, 0.4) is 0 Å². The molecule has 0 radical (unpaired) electrons. The highest BCUT2D eigenvalue weighted by Gasteiger charge is 2.09. The fraction of sp³-hybridized carbons (Fsp3) is 0.438. The summed E-state index contributed by atoms with van der Waals surface area (Å²) < 4.78 is 10.7. The van der Waals surface area contributed by atoms with Gasteiger partial charge in [0.1, 0.15) is 5.75 Å². The molecule has 22 heavy (non-hydrogen) atoms. The van der Waals surface area contributed by atoms with E-state index in [9.17, 15) is 4.79 Å². The molecule has 1 amide bonds. The van der Waals surface area contributed by atoms with Gasteiger partial charge in [0.05, 0.1) is 7.11 Å². The molecule has 0 aliphatic rings. The van der Waals surface area contributed by atoms with Crippen LogP contribution >= 0.6 is 0 Å².